The summed E-state index contributed by atoms with van der Waals surface area (Å²) < 4.78 is 0. The molecule has 0 aromatic carbocycles. The highest BCUT2D eigenvalue weighted by atomic mass is 16.4. The van der Waals surface area contributed by atoms with Crippen LogP contribution in [0.1, 0.15) is 40.0 Å². The Kier molecular flexibility index (Phi) is 5.09. The molecular formula is C13H20N2O4. The van der Waals surface area contributed by atoms with Crippen LogP contribution in [0.3, 0.4) is 0 Å². The van der Waals surface area contributed by atoms with Crippen molar-refractivity contribution in [3.63, 3.8) is 0 Å². The fraction of sp³-hybridized carbons (Fsp3) is 0.615. The zero-order chi connectivity index (χ0) is 14.6. The third kappa shape index (κ3) is 4.08. The first-order chi connectivity index (χ1) is 8.82. The van der Waals surface area contributed by atoms with Gasteiger partial charge in [0.05, 0.1) is 0 Å². The Labute approximate surface area is 112 Å². The van der Waals surface area contributed by atoms with Crippen molar-refractivity contribution in [1.82, 2.24) is 10.6 Å². The Hall–Kier alpha value is -1.85. The number of rotatable bonds is 3. The Bertz CT molecular complexity index is 428. The summed E-state index contributed by atoms with van der Waals surface area (Å²) in [5, 5.41) is 13.7. The number of aliphatic carboxylic acids is 1. The smallest absolute Gasteiger partial charge is 0.331 e. The molecule has 19 heavy (non-hydrogen) atoms. The van der Waals surface area contributed by atoms with Gasteiger partial charge in [0.2, 0.25) is 0 Å². The fourth-order valence-electron chi connectivity index (χ4n) is 2.09. The van der Waals surface area contributed by atoms with Crippen LogP contribution < -0.4 is 10.6 Å². The molecule has 6 heteroatoms. The molecule has 1 aliphatic rings. The van der Waals surface area contributed by atoms with Gasteiger partial charge in [-0.25, -0.2) is 9.59 Å². The monoisotopic (exact) mass is 268 g/mol. The molecule has 0 saturated heterocycles. The summed E-state index contributed by atoms with van der Waals surface area (Å²) in [6, 6.07) is -0.487. The number of carboxylic acids is 1. The normalized spacial score (nSPS) is 23.5. The predicted molar refractivity (Wildman–Crippen MR) is 69.5 cm³/mol. The molecule has 0 spiro atoms. The van der Waals surface area contributed by atoms with Gasteiger partial charge in [-0.2, -0.15) is 0 Å². The van der Waals surface area contributed by atoms with Crippen LogP contribution in [-0.4, -0.2) is 29.1 Å². The molecule has 3 amide bonds. The summed E-state index contributed by atoms with van der Waals surface area (Å²) >= 11 is 0. The fourth-order valence-corrected chi connectivity index (χ4v) is 2.09. The topological polar surface area (TPSA) is 95.5 Å². The van der Waals surface area contributed by atoms with Crippen LogP contribution in [0, 0.1) is 5.92 Å². The van der Waals surface area contributed by atoms with Crippen molar-refractivity contribution in [2.45, 2.75) is 46.1 Å². The second-order valence-corrected chi connectivity index (χ2v) is 5.00. The maximum absolute atomic E-state index is 11.7. The van der Waals surface area contributed by atoms with Crippen molar-refractivity contribution in [1.29, 1.82) is 0 Å². The van der Waals surface area contributed by atoms with E-state index in [4.69, 9.17) is 5.11 Å². The van der Waals surface area contributed by atoms with Gasteiger partial charge in [-0.05, 0) is 32.6 Å². The highest BCUT2D eigenvalue weighted by Gasteiger charge is 2.25. The van der Waals surface area contributed by atoms with E-state index in [2.05, 4.69) is 17.6 Å². The van der Waals surface area contributed by atoms with Crippen molar-refractivity contribution in [2.75, 3.05) is 0 Å². The summed E-state index contributed by atoms with van der Waals surface area (Å²) in [6.07, 6.45) is 3.04. The van der Waals surface area contributed by atoms with Gasteiger partial charge in [-0.1, -0.05) is 13.3 Å². The molecule has 0 bridgehead atoms. The first-order valence-electron chi connectivity index (χ1n) is 6.35. The number of carbonyl (C=O) groups is 3. The van der Waals surface area contributed by atoms with Crippen molar-refractivity contribution < 1.29 is 19.5 Å². The molecule has 0 heterocycles. The maximum atomic E-state index is 11.7. The van der Waals surface area contributed by atoms with E-state index in [1.54, 1.807) is 0 Å². The molecule has 0 aromatic rings. The number of carboxylic acid groups (broad SMARTS) is 1. The van der Waals surface area contributed by atoms with E-state index in [0.717, 1.165) is 19.3 Å². The minimum atomic E-state index is -1.17. The molecular weight excluding hydrogens is 248 g/mol. The molecule has 2 unspecified atom stereocenters. The molecule has 2 atom stereocenters. The third-order valence-corrected chi connectivity index (χ3v) is 3.63. The average molecular weight is 268 g/mol. The quantitative estimate of drug-likeness (QED) is 0.674. The molecule has 1 saturated carbocycles. The lowest BCUT2D eigenvalue weighted by atomic mass is 10.1. The minimum absolute atomic E-state index is 0.0297. The lowest BCUT2D eigenvalue weighted by Gasteiger charge is -2.17. The van der Waals surface area contributed by atoms with E-state index in [1.807, 2.05) is 0 Å². The van der Waals surface area contributed by atoms with E-state index in [0.29, 0.717) is 5.92 Å². The van der Waals surface area contributed by atoms with Gasteiger partial charge in [0.25, 0.3) is 5.91 Å². The summed E-state index contributed by atoms with van der Waals surface area (Å²) in [5.74, 6) is -1.45. The molecule has 1 aliphatic carbocycles. The van der Waals surface area contributed by atoms with E-state index in [1.165, 1.54) is 13.8 Å². The Morgan fingerprint density at radius 2 is 1.74 bits per heavy atom. The van der Waals surface area contributed by atoms with Crippen molar-refractivity contribution >= 4 is 17.9 Å². The van der Waals surface area contributed by atoms with Crippen molar-refractivity contribution in [3.05, 3.63) is 11.1 Å². The van der Waals surface area contributed by atoms with Crippen LogP contribution in [0.5, 0.6) is 0 Å². The Balaban J connectivity index is 2.55. The van der Waals surface area contributed by atoms with E-state index < -0.39 is 17.9 Å². The number of amides is 3. The van der Waals surface area contributed by atoms with Gasteiger partial charge in [0.1, 0.15) is 0 Å². The molecule has 3 N–H and O–H groups in total. The first-order valence-corrected chi connectivity index (χ1v) is 6.35. The van der Waals surface area contributed by atoms with E-state index in [-0.39, 0.29) is 17.2 Å². The predicted octanol–water partition coefficient (Wildman–Crippen LogP) is 1.42. The minimum Gasteiger partial charge on any atom is -0.478 e. The summed E-state index contributed by atoms with van der Waals surface area (Å²) in [7, 11) is 0. The second-order valence-electron chi connectivity index (χ2n) is 5.00. The zero-order valence-electron chi connectivity index (χ0n) is 11.4. The standard InChI is InChI=1S/C13H20N2O4/c1-7-5-4-6-10(7)14-13(19)15-11(16)8(2)9(3)12(17)18/h7,10H,4-6H2,1-3H3,(H,17,18)(H2,14,15,16,19). The molecule has 106 valence electrons. The maximum Gasteiger partial charge on any atom is 0.331 e. The largest absolute Gasteiger partial charge is 0.478 e. The highest BCUT2D eigenvalue weighted by molar-refractivity contribution is 6.07. The SMILES string of the molecule is CC(C(=O)O)=C(C)C(=O)NC(=O)NC1CCCC1C. The van der Waals surface area contributed by atoms with Crippen molar-refractivity contribution in [3.8, 4) is 0 Å². The van der Waals surface area contributed by atoms with Crippen LogP contribution in [0.2, 0.25) is 0 Å². The van der Waals surface area contributed by atoms with Gasteiger partial charge >= 0.3 is 12.0 Å². The molecule has 0 radical (unpaired) electrons. The summed E-state index contributed by atoms with van der Waals surface area (Å²) in [5.41, 5.74) is -0.0401. The average Bonchev–Trinajstić information content (AvgIpc) is 2.72. The van der Waals surface area contributed by atoms with E-state index >= 15 is 0 Å². The summed E-state index contributed by atoms with van der Waals surface area (Å²) in [6.45, 7) is 4.76. The number of urea groups is 1. The van der Waals surface area contributed by atoms with Gasteiger partial charge in [0, 0.05) is 17.2 Å². The van der Waals surface area contributed by atoms with Gasteiger partial charge in [-0.15, -0.1) is 0 Å². The number of nitrogens with one attached hydrogen (secondary N) is 2. The molecule has 1 fully saturated rings. The lowest BCUT2D eigenvalue weighted by Crippen LogP contribution is -2.45. The molecule has 0 aromatic heterocycles. The number of hydrogen-bond donors (Lipinski definition) is 3. The van der Waals surface area contributed by atoms with Crippen LogP contribution >= 0.6 is 0 Å². The van der Waals surface area contributed by atoms with Crippen LogP contribution in [-0.2, 0) is 9.59 Å². The van der Waals surface area contributed by atoms with Crippen LogP contribution in [0.4, 0.5) is 4.79 Å². The number of hydrogen-bond acceptors (Lipinski definition) is 3. The number of imide groups is 1. The Morgan fingerprint density at radius 3 is 2.21 bits per heavy atom. The first kappa shape index (κ1) is 15.2. The van der Waals surface area contributed by atoms with E-state index in [9.17, 15) is 14.4 Å². The molecule has 0 aliphatic heterocycles. The van der Waals surface area contributed by atoms with Gasteiger partial charge in [-0.3, -0.25) is 10.1 Å². The summed E-state index contributed by atoms with van der Waals surface area (Å²) in [4.78, 5) is 34.0. The second kappa shape index (κ2) is 6.36. The van der Waals surface area contributed by atoms with Crippen LogP contribution in [0.15, 0.2) is 11.1 Å². The van der Waals surface area contributed by atoms with Gasteiger partial charge < -0.3 is 10.4 Å². The number of carbonyl (C=O) groups excluding carboxylic acids is 2. The third-order valence-electron chi connectivity index (χ3n) is 3.63. The highest BCUT2D eigenvalue weighted by Crippen LogP contribution is 2.24. The molecule has 6 nitrogen and oxygen atoms in total. The Morgan fingerprint density at radius 1 is 1.11 bits per heavy atom. The van der Waals surface area contributed by atoms with Gasteiger partial charge in [0.15, 0.2) is 0 Å². The van der Waals surface area contributed by atoms with Crippen molar-refractivity contribution in [2.24, 2.45) is 5.92 Å². The lowest BCUT2D eigenvalue weighted by molar-refractivity contribution is -0.133. The zero-order valence-corrected chi connectivity index (χ0v) is 11.4. The molecule has 1 rings (SSSR count). The van der Waals surface area contributed by atoms with Crippen LogP contribution in [0.25, 0.3) is 0 Å².